The van der Waals surface area contributed by atoms with Crippen LogP contribution < -0.4 is 5.32 Å². The van der Waals surface area contributed by atoms with Gasteiger partial charge in [0.05, 0.1) is 6.21 Å². The number of thiazole rings is 1. The van der Waals surface area contributed by atoms with E-state index in [4.69, 9.17) is 12.2 Å². The van der Waals surface area contributed by atoms with Crippen molar-refractivity contribution in [1.29, 1.82) is 0 Å². The first-order chi connectivity index (χ1) is 12.6. The molecule has 0 amide bonds. The Morgan fingerprint density at radius 2 is 2.12 bits per heavy atom. The maximum absolute atomic E-state index is 5.41. The van der Waals surface area contributed by atoms with E-state index < -0.39 is 0 Å². The molecule has 0 aliphatic carbocycles. The van der Waals surface area contributed by atoms with Crippen LogP contribution in [-0.4, -0.2) is 32.9 Å². The quantitative estimate of drug-likeness (QED) is 0.412. The van der Waals surface area contributed by atoms with Gasteiger partial charge in [-0.05, 0) is 37.7 Å². The van der Waals surface area contributed by atoms with Gasteiger partial charge in [-0.3, -0.25) is 4.57 Å². The summed E-state index contributed by atoms with van der Waals surface area (Å²) in [5.74, 6) is 0. The predicted molar refractivity (Wildman–Crippen MR) is 112 cm³/mol. The van der Waals surface area contributed by atoms with Crippen LogP contribution in [0.1, 0.15) is 22.5 Å². The second-order valence-electron chi connectivity index (χ2n) is 5.89. The lowest BCUT2D eigenvalue weighted by Gasteiger charge is -2.15. The van der Waals surface area contributed by atoms with Gasteiger partial charge < -0.3 is 5.32 Å². The summed E-state index contributed by atoms with van der Waals surface area (Å²) < 4.78 is 2.14. The minimum atomic E-state index is 0.582. The first kappa shape index (κ1) is 18.3. The van der Waals surface area contributed by atoms with Crippen LogP contribution in [0.15, 0.2) is 53.1 Å². The molecule has 0 saturated heterocycles. The topological polar surface area (TPSA) is 45.5 Å². The van der Waals surface area contributed by atoms with Gasteiger partial charge in [-0.2, -0.15) is 5.10 Å². The molecule has 0 radical (unpaired) electrons. The van der Waals surface area contributed by atoms with Crippen LogP contribution in [0.2, 0.25) is 0 Å². The Balaban J connectivity index is 1.66. The molecule has 7 heteroatoms. The number of thiocarbonyl (C=S) groups is 1. The van der Waals surface area contributed by atoms with Crippen molar-refractivity contribution < 1.29 is 0 Å². The van der Waals surface area contributed by atoms with E-state index in [9.17, 15) is 0 Å². The van der Waals surface area contributed by atoms with Gasteiger partial charge in [0, 0.05) is 42.1 Å². The van der Waals surface area contributed by atoms with Crippen molar-refractivity contribution in [2.45, 2.75) is 20.4 Å². The second-order valence-corrected chi connectivity index (χ2v) is 7.15. The molecule has 3 aromatic rings. The Morgan fingerprint density at radius 1 is 1.35 bits per heavy atom. The highest BCUT2D eigenvalue weighted by atomic mass is 32.1. The van der Waals surface area contributed by atoms with Gasteiger partial charge in [-0.25, -0.2) is 9.99 Å². The number of aromatic nitrogens is 2. The van der Waals surface area contributed by atoms with Crippen molar-refractivity contribution in [3.63, 3.8) is 0 Å². The lowest BCUT2D eigenvalue weighted by atomic mass is 10.2. The average molecular weight is 384 g/mol. The van der Waals surface area contributed by atoms with Crippen LogP contribution in [0.5, 0.6) is 0 Å². The zero-order valence-corrected chi connectivity index (χ0v) is 16.6. The Hall–Kier alpha value is -2.51. The van der Waals surface area contributed by atoms with E-state index in [0.29, 0.717) is 11.7 Å². The van der Waals surface area contributed by atoms with E-state index in [1.165, 1.54) is 5.56 Å². The van der Waals surface area contributed by atoms with E-state index in [1.807, 2.05) is 43.0 Å². The molecule has 1 N–H and O–H groups in total. The maximum atomic E-state index is 5.41. The van der Waals surface area contributed by atoms with E-state index in [-0.39, 0.29) is 0 Å². The molecule has 0 unspecified atom stereocenters. The number of nitrogens with zero attached hydrogens (tertiary/aromatic N) is 4. The summed E-state index contributed by atoms with van der Waals surface area (Å²) in [7, 11) is 1.84. The largest absolute Gasteiger partial charge is 0.357 e. The SMILES string of the molecule is Cc1cc(/C=N\N(C)C(=S)NCc2ccccc2)c(C)n1-c1nccs1. The summed E-state index contributed by atoms with van der Waals surface area (Å²) in [6.45, 7) is 4.82. The number of hydrogen-bond acceptors (Lipinski definition) is 4. The standard InChI is InChI=1S/C19H21N5S2/c1-14-11-17(15(2)24(14)19-20-9-10-26-19)13-22-23(3)18(25)21-12-16-7-5-4-6-8-16/h4-11,13H,12H2,1-3H3,(H,21,25)/b22-13-. The van der Waals surface area contributed by atoms with Crippen LogP contribution >= 0.6 is 23.6 Å². The third-order valence-electron chi connectivity index (χ3n) is 4.03. The van der Waals surface area contributed by atoms with Crippen LogP contribution in [0.4, 0.5) is 0 Å². The number of hydrazone groups is 1. The zero-order chi connectivity index (χ0) is 18.5. The summed E-state index contributed by atoms with van der Waals surface area (Å²) in [6, 6.07) is 12.3. The number of aryl methyl sites for hydroxylation is 1. The molecule has 2 aromatic heterocycles. The van der Waals surface area contributed by atoms with Crippen molar-refractivity contribution in [3.05, 3.63) is 70.5 Å². The van der Waals surface area contributed by atoms with E-state index in [2.05, 4.69) is 52.0 Å². The molecular weight excluding hydrogens is 362 g/mol. The summed E-state index contributed by atoms with van der Waals surface area (Å²) in [5.41, 5.74) is 4.47. The van der Waals surface area contributed by atoms with Crippen LogP contribution in [0.3, 0.4) is 0 Å². The highest BCUT2D eigenvalue weighted by Gasteiger charge is 2.11. The Morgan fingerprint density at radius 3 is 2.81 bits per heavy atom. The van der Waals surface area contributed by atoms with E-state index in [0.717, 1.165) is 22.1 Å². The Kier molecular flexibility index (Phi) is 5.80. The summed E-state index contributed by atoms with van der Waals surface area (Å²) in [5, 5.41) is 12.9. The van der Waals surface area contributed by atoms with Gasteiger partial charge in [0.15, 0.2) is 10.2 Å². The molecule has 0 aliphatic rings. The van der Waals surface area contributed by atoms with Crippen LogP contribution in [-0.2, 0) is 6.54 Å². The molecule has 3 rings (SSSR count). The van der Waals surface area contributed by atoms with Gasteiger partial charge in [0.25, 0.3) is 0 Å². The number of benzene rings is 1. The average Bonchev–Trinajstić information content (AvgIpc) is 3.26. The first-order valence-electron chi connectivity index (χ1n) is 8.24. The zero-order valence-electron chi connectivity index (χ0n) is 15.0. The highest BCUT2D eigenvalue weighted by Crippen LogP contribution is 2.21. The van der Waals surface area contributed by atoms with Crippen molar-refractivity contribution in [3.8, 4) is 5.13 Å². The molecule has 0 atom stereocenters. The van der Waals surface area contributed by atoms with Crippen LogP contribution in [0, 0.1) is 13.8 Å². The number of rotatable bonds is 5. The number of hydrogen-bond donors (Lipinski definition) is 1. The van der Waals surface area contributed by atoms with Crippen molar-refractivity contribution in [1.82, 2.24) is 19.9 Å². The first-order valence-corrected chi connectivity index (χ1v) is 9.53. The molecule has 5 nitrogen and oxygen atoms in total. The molecule has 0 bridgehead atoms. The Bertz CT molecular complexity index is 898. The highest BCUT2D eigenvalue weighted by molar-refractivity contribution is 7.80. The van der Waals surface area contributed by atoms with Gasteiger partial charge >= 0.3 is 0 Å². The van der Waals surface area contributed by atoms with Crippen LogP contribution in [0.25, 0.3) is 5.13 Å². The smallest absolute Gasteiger partial charge is 0.193 e. The molecular formula is C19H21N5S2. The number of nitrogens with one attached hydrogen (secondary N) is 1. The third-order valence-corrected chi connectivity index (χ3v) is 5.20. The van der Waals surface area contributed by atoms with E-state index >= 15 is 0 Å². The summed E-state index contributed by atoms with van der Waals surface area (Å²) >= 11 is 7.03. The van der Waals surface area contributed by atoms with Crippen molar-refractivity contribution in [2.75, 3.05) is 7.05 Å². The lowest BCUT2D eigenvalue weighted by Crippen LogP contribution is -2.33. The minimum Gasteiger partial charge on any atom is -0.357 e. The Labute approximate surface area is 163 Å². The molecule has 134 valence electrons. The molecule has 26 heavy (non-hydrogen) atoms. The molecule has 0 saturated carbocycles. The van der Waals surface area contributed by atoms with Gasteiger partial charge in [0.2, 0.25) is 0 Å². The minimum absolute atomic E-state index is 0.582. The molecule has 0 aliphatic heterocycles. The van der Waals surface area contributed by atoms with E-state index in [1.54, 1.807) is 16.3 Å². The van der Waals surface area contributed by atoms with Crippen molar-refractivity contribution >= 4 is 34.9 Å². The fraction of sp³-hybridized carbons (Fsp3) is 0.211. The second kappa shape index (κ2) is 8.25. The fourth-order valence-electron chi connectivity index (χ4n) is 2.63. The normalized spacial score (nSPS) is 11.0. The fourth-order valence-corrected chi connectivity index (χ4v) is 3.50. The lowest BCUT2D eigenvalue weighted by molar-refractivity contribution is 0.532. The monoisotopic (exact) mass is 383 g/mol. The maximum Gasteiger partial charge on any atom is 0.193 e. The van der Waals surface area contributed by atoms with Crippen molar-refractivity contribution in [2.24, 2.45) is 5.10 Å². The molecule has 1 aromatic carbocycles. The van der Waals surface area contributed by atoms with Gasteiger partial charge in [-0.1, -0.05) is 30.3 Å². The third kappa shape index (κ3) is 4.17. The summed E-state index contributed by atoms with van der Waals surface area (Å²) in [4.78, 5) is 4.39. The molecule has 0 fully saturated rings. The predicted octanol–water partition coefficient (Wildman–Crippen LogP) is 3.89. The summed E-state index contributed by atoms with van der Waals surface area (Å²) in [6.07, 6.45) is 3.65. The molecule has 0 spiro atoms. The van der Waals surface area contributed by atoms with Gasteiger partial charge in [-0.15, -0.1) is 11.3 Å². The molecule has 2 heterocycles. The van der Waals surface area contributed by atoms with Gasteiger partial charge in [0.1, 0.15) is 0 Å².